The van der Waals surface area contributed by atoms with Crippen LogP contribution in [0.25, 0.3) is 0 Å². The second-order valence-electron chi connectivity index (χ2n) is 6.82. The molecule has 3 fully saturated rings. The van der Waals surface area contributed by atoms with E-state index in [2.05, 4.69) is 24.1 Å². The van der Waals surface area contributed by atoms with Crippen molar-refractivity contribution in [3.63, 3.8) is 0 Å². The van der Waals surface area contributed by atoms with E-state index >= 15 is 0 Å². The van der Waals surface area contributed by atoms with Gasteiger partial charge in [0.2, 0.25) is 0 Å². The highest BCUT2D eigenvalue weighted by Gasteiger charge is 2.39. The number of hydrogen-bond acceptors (Lipinski definition) is 2. The van der Waals surface area contributed by atoms with Crippen molar-refractivity contribution in [2.75, 3.05) is 13.1 Å². The molecule has 0 aromatic carbocycles. The topological polar surface area (TPSA) is 15.3 Å². The minimum Gasteiger partial charge on any atom is -0.314 e. The van der Waals surface area contributed by atoms with Gasteiger partial charge < -0.3 is 5.32 Å². The Kier molecular flexibility index (Phi) is 3.45. The third kappa shape index (κ3) is 3.03. The molecule has 0 saturated heterocycles. The Hall–Kier alpha value is -0.0800. The second-order valence-corrected chi connectivity index (χ2v) is 6.82. The molecule has 0 aromatic rings. The van der Waals surface area contributed by atoms with Gasteiger partial charge in [-0.15, -0.1) is 0 Å². The molecule has 2 nitrogen and oxygen atoms in total. The van der Waals surface area contributed by atoms with E-state index in [0.717, 1.165) is 30.0 Å². The van der Waals surface area contributed by atoms with Crippen LogP contribution in [0, 0.1) is 11.8 Å². The van der Waals surface area contributed by atoms with Gasteiger partial charge in [-0.3, -0.25) is 4.90 Å². The van der Waals surface area contributed by atoms with Crippen molar-refractivity contribution in [2.24, 2.45) is 11.8 Å². The molecule has 0 spiro atoms. The molecule has 3 rings (SSSR count). The van der Waals surface area contributed by atoms with Crippen LogP contribution in [0.2, 0.25) is 0 Å². The third-order valence-electron chi connectivity index (χ3n) is 4.88. The lowest BCUT2D eigenvalue weighted by molar-refractivity contribution is 0.0339. The molecule has 0 heterocycles. The van der Waals surface area contributed by atoms with E-state index in [1.807, 2.05) is 0 Å². The van der Waals surface area contributed by atoms with Crippen LogP contribution in [0.4, 0.5) is 0 Å². The van der Waals surface area contributed by atoms with Gasteiger partial charge in [0.15, 0.2) is 0 Å². The number of nitrogens with one attached hydrogen (secondary N) is 1. The molecular formula is C15H28N2. The lowest BCUT2D eigenvalue weighted by Gasteiger charge is -2.47. The summed E-state index contributed by atoms with van der Waals surface area (Å²) in [6.07, 6.45) is 8.72. The van der Waals surface area contributed by atoms with E-state index in [1.165, 1.54) is 51.6 Å². The first-order valence-electron chi connectivity index (χ1n) is 7.73. The first-order chi connectivity index (χ1) is 8.24. The maximum absolute atomic E-state index is 3.72. The Bertz CT molecular complexity index is 256. The zero-order chi connectivity index (χ0) is 11.8. The van der Waals surface area contributed by atoms with Gasteiger partial charge >= 0.3 is 0 Å². The fourth-order valence-corrected chi connectivity index (χ4v) is 3.16. The first kappa shape index (κ1) is 12.0. The van der Waals surface area contributed by atoms with E-state index in [9.17, 15) is 0 Å². The summed E-state index contributed by atoms with van der Waals surface area (Å²) in [4.78, 5) is 2.81. The van der Waals surface area contributed by atoms with Crippen LogP contribution in [0.3, 0.4) is 0 Å². The molecule has 1 N–H and O–H groups in total. The van der Waals surface area contributed by atoms with Gasteiger partial charge in [-0.1, -0.05) is 0 Å². The van der Waals surface area contributed by atoms with Crippen LogP contribution in [0.15, 0.2) is 0 Å². The molecule has 3 aliphatic rings. The number of hydrogen-bond donors (Lipinski definition) is 1. The lowest BCUT2D eigenvalue weighted by Crippen LogP contribution is -2.53. The summed E-state index contributed by atoms with van der Waals surface area (Å²) in [6.45, 7) is 7.42. The molecule has 2 heteroatoms. The van der Waals surface area contributed by atoms with Gasteiger partial charge in [-0.25, -0.2) is 0 Å². The zero-order valence-corrected chi connectivity index (χ0v) is 11.5. The standard InChI is InChI=1S/C15H28N2/c1-11(2)17(10-12-3-4-12)15-8-5-13(15)9-16-14-6-7-14/h11-16H,3-10H2,1-2H3. The smallest absolute Gasteiger partial charge is 0.0139 e. The second kappa shape index (κ2) is 4.89. The fourth-order valence-electron chi connectivity index (χ4n) is 3.16. The van der Waals surface area contributed by atoms with Gasteiger partial charge in [0.25, 0.3) is 0 Å². The Morgan fingerprint density at radius 2 is 1.82 bits per heavy atom. The molecule has 2 atom stereocenters. The van der Waals surface area contributed by atoms with Crippen LogP contribution in [-0.4, -0.2) is 36.1 Å². The Labute approximate surface area is 106 Å². The van der Waals surface area contributed by atoms with Gasteiger partial charge in [0, 0.05) is 24.7 Å². The summed E-state index contributed by atoms with van der Waals surface area (Å²) in [5.74, 6) is 1.98. The highest BCUT2D eigenvalue weighted by molar-refractivity contribution is 4.94. The van der Waals surface area contributed by atoms with Crippen LogP contribution < -0.4 is 5.32 Å². The molecule has 3 saturated carbocycles. The van der Waals surface area contributed by atoms with Crippen LogP contribution in [-0.2, 0) is 0 Å². The third-order valence-corrected chi connectivity index (χ3v) is 4.88. The molecule has 3 aliphatic carbocycles. The minimum absolute atomic E-state index is 0.740. The molecule has 0 aromatic heterocycles. The monoisotopic (exact) mass is 236 g/mol. The van der Waals surface area contributed by atoms with E-state index in [-0.39, 0.29) is 0 Å². The summed E-state index contributed by atoms with van der Waals surface area (Å²) in [7, 11) is 0. The van der Waals surface area contributed by atoms with Crippen molar-refractivity contribution < 1.29 is 0 Å². The minimum atomic E-state index is 0.740. The number of nitrogens with zero attached hydrogens (tertiary/aromatic N) is 1. The van der Waals surface area contributed by atoms with Crippen molar-refractivity contribution >= 4 is 0 Å². The van der Waals surface area contributed by atoms with Crippen molar-refractivity contribution in [1.29, 1.82) is 0 Å². The summed E-state index contributed by atoms with van der Waals surface area (Å²) in [5.41, 5.74) is 0. The molecule has 98 valence electrons. The average molecular weight is 236 g/mol. The van der Waals surface area contributed by atoms with E-state index in [0.29, 0.717) is 0 Å². The van der Waals surface area contributed by atoms with Crippen molar-refractivity contribution in [3.05, 3.63) is 0 Å². The maximum atomic E-state index is 3.72. The average Bonchev–Trinajstić information content (AvgIpc) is 3.10. The van der Waals surface area contributed by atoms with E-state index in [1.54, 1.807) is 0 Å². The van der Waals surface area contributed by atoms with E-state index in [4.69, 9.17) is 0 Å². The first-order valence-corrected chi connectivity index (χ1v) is 7.73. The molecule has 2 unspecified atom stereocenters. The van der Waals surface area contributed by atoms with Gasteiger partial charge in [-0.2, -0.15) is 0 Å². The highest BCUT2D eigenvalue weighted by Crippen LogP contribution is 2.37. The molecular weight excluding hydrogens is 208 g/mol. The van der Waals surface area contributed by atoms with Gasteiger partial charge in [0.1, 0.15) is 0 Å². The SMILES string of the molecule is CC(C)N(CC1CC1)C1CCC1CNC1CC1. The molecule has 17 heavy (non-hydrogen) atoms. The fraction of sp³-hybridized carbons (Fsp3) is 1.00. The van der Waals surface area contributed by atoms with Crippen molar-refractivity contribution in [2.45, 2.75) is 70.5 Å². The quantitative estimate of drug-likeness (QED) is 0.731. The van der Waals surface area contributed by atoms with Crippen molar-refractivity contribution in [1.82, 2.24) is 10.2 Å². The summed E-state index contributed by atoms with van der Waals surface area (Å²) >= 11 is 0. The normalized spacial score (nSPS) is 33.2. The molecule has 0 aliphatic heterocycles. The summed E-state index contributed by atoms with van der Waals surface area (Å²) < 4.78 is 0. The van der Waals surface area contributed by atoms with Crippen LogP contribution >= 0.6 is 0 Å². The molecule has 0 radical (unpaired) electrons. The summed E-state index contributed by atoms with van der Waals surface area (Å²) in [5, 5.41) is 3.72. The van der Waals surface area contributed by atoms with Gasteiger partial charge in [-0.05, 0) is 70.8 Å². The lowest BCUT2D eigenvalue weighted by atomic mass is 9.77. The predicted octanol–water partition coefficient (Wildman–Crippen LogP) is 2.64. The number of rotatable bonds is 7. The highest BCUT2D eigenvalue weighted by atomic mass is 15.2. The Balaban J connectivity index is 1.48. The van der Waals surface area contributed by atoms with E-state index < -0.39 is 0 Å². The van der Waals surface area contributed by atoms with Crippen LogP contribution in [0.5, 0.6) is 0 Å². The Morgan fingerprint density at radius 1 is 1.06 bits per heavy atom. The molecule has 0 amide bonds. The van der Waals surface area contributed by atoms with Gasteiger partial charge in [0.05, 0.1) is 0 Å². The molecule has 0 bridgehead atoms. The zero-order valence-electron chi connectivity index (χ0n) is 11.5. The summed E-state index contributed by atoms with van der Waals surface area (Å²) in [6, 6.07) is 2.51. The van der Waals surface area contributed by atoms with Crippen LogP contribution in [0.1, 0.15) is 52.4 Å². The Morgan fingerprint density at radius 3 is 2.29 bits per heavy atom. The largest absolute Gasteiger partial charge is 0.314 e. The van der Waals surface area contributed by atoms with Crippen molar-refractivity contribution in [3.8, 4) is 0 Å². The maximum Gasteiger partial charge on any atom is 0.0139 e. The predicted molar refractivity (Wildman–Crippen MR) is 72.1 cm³/mol.